The number of benzene rings is 2. The van der Waals surface area contributed by atoms with Gasteiger partial charge in [-0.25, -0.2) is 0 Å². The van der Waals surface area contributed by atoms with Crippen LogP contribution in [-0.4, -0.2) is 31.1 Å². The molecule has 234 valence electrons. The Kier molecular flexibility index (Phi) is 11.6. The van der Waals surface area contributed by atoms with Crippen molar-refractivity contribution in [3.8, 4) is 0 Å². The molecule has 1 heterocycles. The van der Waals surface area contributed by atoms with Crippen LogP contribution in [0, 0.1) is 24.2 Å². The fourth-order valence-corrected chi connectivity index (χ4v) is 6.90. The van der Waals surface area contributed by atoms with Gasteiger partial charge in [0, 0.05) is 30.7 Å². The molecule has 2 nitrogen and oxygen atoms in total. The SMILES string of the molecule is C=C(NC)C1(CCC)CCC(N2CC[C@@H](CCc3ccccc3)C(C)C2)C1.Cc1cc(C(F)(F)F)cc(C(F)(F)F)c1. The normalized spacial score (nSPS) is 25.0. The zero-order chi connectivity index (χ0) is 31.1. The molecule has 1 saturated heterocycles. The lowest BCUT2D eigenvalue weighted by molar-refractivity contribution is -0.143. The maximum atomic E-state index is 12.2. The van der Waals surface area contributed by atoms with Crippen LogP contribution in [0.5, 0.6) is 0 Å². The fraction of sp³-hybridized carbons (Fsp3) is 0.588. The Morgan fingerprint density at radius 1 is 1.00 bits per heavy atom. The minimum atomic E-state index is -4.76. The topological polar surface area (TPSA) is 15.3 Å². The van der Waals surface area contributed by atoms with Gasteiger partial charge in [-0.1, -0.05) is 57.2 Å². The Morgan fingerprint density at radius 3 is 2.14 bits per heavy atom. The molecule has 2 aliphatic rings. The molecule has 8 heteroatoms. The van der Waals surface area contributed by atoms with E-state index >= 15 is 0 Å². The Bertz CT molecular complexity index is 1110. The molecule has 2 fully saturated rings. The van der Waals surface area contributed by atoms with Crippen molar-refractivity contribution in [1.29, 1.82) is 0 Å². The Balaban J connectivity index is 0.000000274. The smallest absolute Gasteiger partial charge is 0.391 e. The number of likely N-dealkylation sites (tertiary alicyclic amines) is 1. The summed E-state index contributed by atoms with van der Waals surface area (Å²) in [5, 5.41) is 3.39. The molecule has 42 heavy (non-hydrogen) atoms. The molecule has 1 aliphatic heterocycles. The van der Waals surface area contributed by atoms with Crippen molar-refractivity contribution in [3.63, 3.8) is 0 Å². The molecule has 4 atom stereocenters. The minimum Gasteiger partial charge on any atom is -0.391 e. The van der Waals surface area contributed by atoms with Gasteiger partial charge in [-0.05, 0) is 99.6 Å². The van der Waals surface area contributed by atoms with Gasteiger partial charge in [-0.2, -0.15) is 26.3 Å². The molecule has 0 radical (unpaired) electrons. The first-order valence-corrected chi connectivity index (χ1v) is 15.1. The number of nitrogens with one attached hydrogen (secondary N) is 1. The first-order chi connectivity index (χ1) is 19.7. The van der Waals surface area contributed by atoms with E-state index in [1.165, 1.54) is 82.6 Å². The van der Waals surface area contributed by atoms with E-state index in [1.54, 1.807) is 0 Å². The standard InChI is InChI=1S/C25H40N2.C9H6F6/c1-5-15-25(21(3)26-4)16-13-24(18-25)27-17-14-23(20(2)19-27)12-11-22-9-7-6-8-10-22;1-5-2-6(8(10,11)12)4-7(3-5)9(13,14)15/h6-10,20,23-24,26H,3,5,11-19H2,1-2,4H3;2-4H,1H3/t20?,23-,24?,25?;/m1./s1. The monoisotopic (exact) mass is 596 g/mol. The second-order valence-corrected chi connectivity index (χ2v) is 12.3. The maximum absolute atomic E-state index is 12.2. The van der Waals surface area contributed by atoms with Gasteiger partial charge in [0.05, 0.1) is 11.1 Å². The highest BCUT2D eigenvalue weighted by Crippen LogP contribution is 2.48. The van der Waals surface area contributed by atoms with Crippen molar-refractivity contribution in [3.05, 3.63) is 83.1 Å². The van der Waals surface area contributed by atoms with Crippen LogP contribution in [0.2, 0.25) is 0 Å². The van der Waals surface area contributed by atoms with E-state index in [0.717, 1.165) is 17.9 Å². The van der Waals surface area contributed by atoms with Crippen LogP contribution < -0.4 is 5.32 Å². The average Bonchev–Trinajstić information content (AvgIpc) is 3.37. The first-order valence-electron chi connectivity index (χ1n) is 15.1. The number of halogens is 6. The number of allylic oxidation sites excluding steroid dienone is 1. The molecule has 1 saturated carbocycles. The maximum Gasteiger partial charge on any atom is 0.416 e. The quantitative estimate of drug-likeness (QED) is 0.305. The zero-order valence-electron chi connectivity index (χ0n) is 25.3. The molecule has 1 aliphatic carbocycles. The van der Waals surface area contributed by atoms with Crippen molar-refractivity contribution >= 4 is 0 Å². The van der Waals surface area contributed by atoms with Crippen LogP contribution in [0.1, 0.15) is 81.0 Å². The predicted molar refractivity (Wildman–Crippen MR) is 158 cm³/mol. The molecule has 0 bridgehead atoms. The summed E-state index contributed by atoms with van der Waals surface area (Å²) >= 11 is 0. The molecule has 0 aromatic heterocycles. The highest BCUT2D eigenvalue weighted by molar-refractivity contribution is 5.32. The van der Waals surface area contributed by atoms with Gasteiger partial charge in [-0.15, -0.1) is 0 Å². The third kappa shape index (κ3) is 9.01. The highest BCUT2D eigenvalue weighted by atomic mass is 19.4. The average molecular weight is 597 g/mol. The van der Waals surface area contributed by atoms with E-state index in [2.05, 4.69) is 61.0 Å². The highest BCUT2D eigenvalue weighted by Gasteiger charge is 2.43. The van der Waals surface area contributed by atoms with Crippen molar-refractivity contribution in [2.45, 2.75) is 90.5 Å². The van der Waals surface area contributed by atoms with Gasteiger partial charge < -0.3 is 10.2 Å². The third-order valence-electron chi connectivity index (χ3n) is 9.26. The lowest BCUT2D eigenvalue weighted by atomic mass is 9.78. The summed E-state index contributed by atoms with van der Waals surface area (Å²) in [5.41, 5.74) is 0.471. The number of nitrogens with zero attached hydrogens (tertiary/aromatic N) is 1. The van der Waals surface area contributed by atoms with Crippen molar-refractivity contribution in [2.75, 3.05) is 20.1 Å². The van der Waals surface area contributed by atoms with Gasteiger partial charge in [0.2, 0.25) is 0 Å². The molecule has 3 unspecified atom stereocenters. The number of rotatable bonds is 8. The summed E-state index contributed by atoms with van der Waals surface area (Å²) in [5.74, 6) is 1.70. The Morgan fingerprint density at radius 2 is 1.62 bits per heavy atom. The summed E-state index contributed by atoms with van der Waals surface area (Å²) in [6.07, 6.45) is 0.951. The summed E-state index contributed by atoms with van der Waals surface area (Å²) in [7, 11) is 2.05. The summed E-state index contributed by atoms with van der Waals surface area (Å²) in [6.45, 7) is 13.0. The molecule has 2 aromatic carbocycles. The van der Waals surface area contributed by atoms with Gasteiger partial charge in [0.15, 0.2) is 0 Å². The van der Waals surface area contributed by atoms with E-state index < -0.39 is 23.5 Å². The number of alkyl halides is 6. The lowest BCUT2D eigenvalue weighted by Gasteiger charge is -2.41. The summed E-state index contributed by atoms with van der Waals surface area (Å²) in [4.78, 5) is 2.82. The number of hydrogen-bond acceptors (Lipinski definition) is 2. The van der Waals surface area contributed by atoms with Crippen molar-refractivity contribution in [1.82, 2.24) is 10.2 Å². The molecule has 0 amide bonds. The second-order valence-electron chi connectivity index (χ2n) is 12.3. The summed E-state index contributed by atoms with van der Waals surface area (Å²) in [6, 6.07) is 13.2. The fourth-order valence-electron chi connectivity index (χ4n) is 6.90. The third-order valence-corrected chi connectivity index (χ3v) is 9.26. The van der Waals surface area contributed by atoms with Crippen molar-refractivity contribution in [2.24, 2.45) is 17.3 Å². The van der Waals surface area contributed by atoms with Crippen LogP contribution in [0.3, 0.4) is 0 Å². The summed E-state index contributed by atoms with van der Waals surface area (Å²) < 4.78 is 73.0. The molecular weight excluding hydrogens is 550 g/mol. The van der Waals surface area contributed by atoms with E-state index in [-0.39, 0.29) is 11.6 Å². The number of hydrogen-bond donors (Lipinski definition) is 1. The zero-order valence-corrected chi connectivity index (χ0v) is 25.3. The van der Waals surface area contributed by atoms with Crippen LogP contribution in [0.15, 0.2) is 60.8 Å². The first kappa shape index (κ1) is 34.0. The van der Waals surface area contributed by atoms with Gasteiger partial charge in [-0.3, -0.25) is 0 Å². The Labute approximate surface area is 247 Å². The lowest BCUT2D eigenvalue weighted by Crippen LogP contribution is -2.45. The molecule has 4 rings (SSSR count). The van der Waals surface area contributed by atoms with Crippen LogP contribution >= 0.6 is 0 Å². The second kappa shape index (κ2) is 14.3. The van der Waals surface area contributed by atoms with Gasteiger partial charge in [0.25, 0.3) is 0 Å². The van der Waals surface area contributed by atoms with Crippen LogP contribution in [-0.2, 0) is 18.8 Å². The predicted octanol–water partition coefficient (Wildman–Crippen LogP) is 9.68. The van der Waals surface area contributed by atoms with Gasteiger partial charge >= 0.3 is 12.4 Å². The van der Waals surface area contributed by atoms with E-state index in [9.17, 15) is 26.3 Å². The molecular formula is C34H46F6N2. The van der Waals surface area contributed by atoms with Crippen molar-refractivity contribution < 1.29 is 26.3 Å². The largest absolute Gasteiger partial charge is 0.416 e. The van der Waals surface area contributed by atoms with E-state index in [4.69, 9.17) is 0 Å². The van der Waals surface area contributed by atoms with E-state index in [1.807, 2.05) is 7.05 Å². The van der Waals surface area contributed by atoms with Crippen LogP contribution in [0.4, 0.5) is 26.3 Å². The van der Waals surface area contributed by atoms with E-state index in [0.29, 0.717) is 17.5 Å². The molecule has 2 aromatic rings. The Hall–Kier alpha value is -2.48. The molecule has 1 N–H and O–H groups in total. The minimum absolute atomic E-state index is 0.0721. The molecule has 0 spiro atoms. The number of piperidine rings is 1. The number of aryl methyl sites for hydroxylation is 2. The van der Waals surface area contributed by atoms with Gasteiger partial charge in [0.1, 0.15) is 0 Å². The van der Waals surface area contributed by atoms with Crippen LogP contribution in [0.25, 0.3) is 0 Å².